The molecular formula is C12H16ClNO4S. The summed E-state index contributed by atoms with van der Waals surface area (Å²) in [6.07, 6.45) is 0.133. The van der Waals surface area contributed by atoms with Gasteiger partial charge in [-0.2, -0.15) is 0 Å². The van der Waals surface area contributed by atoms with Crippen LogP contribution in [0.1, 0.15) is 31.4 Å². The van der Waals surface area contributed by atoms with Crippen LogP contribution < -0.4 is 4.72 Å². The molecule has 0 amide bonds. The van der Waals surface area contributed by atoms with Crippen LogP contribution in [0.15, 0.2) is 24.3 Å². The van der Waals surface area contributed by atoms with Crippen molar-refractivity contribution >= 4 is 27.6 Å². The summed E-state index contributed by atoms with van der Waals surface area (Å²) in [5.74, 6) is -1.57. The molecule has 0 heterocycles. The lowest BCUT2D eigenvalue weighted by atomic mass is 10.1. The minimum Gasteiger partial charge on any atom is -0.481 e. The highest BCUT2D eigenvalue weighted by Gasteiger charge is 2.19. The number of carboxylic acid groups (broad SMARTS) is 1. The van der Waals surface area contributed by atoms with Crippen LogP contribution >= 0.6 is 11.6 Å². The number of rotatable bonds is 7. The second-order valence-electron chi connectivity index (χ2n) is 4.10. The molecule has 1 unspecified atom stereocenters. The van der Waals surface area contributed by atoms with Gasteiger partial charge in [-0.25, -0.2) is 13.1 Å². The predicted molar refractivity (Wildman–Crippen MR) is 73.7 cm³/mol. The summed E-state index contributed by atoms with van der Waals surface area (Å²) in [5.41, 5.74) is 0.758. The maximum Gasteiger partial charge on any atom is 0.304 e. The Balaban J connectivity index is 2.79. The molecule has 106 valence electrons. The van der Waals surface area contributed by atoms with Crippen molar-refractivity contribution in [3.8, 4) is 0 Å². The number of carbonyl (C=O) groups is 1. The summed E-state index contributed by atoms with van der Waals surface area (Å²) in [7, 11) is -3.62. The van der Waals surface area contributed by atoms with Gasteiger partial charge in [-0.1, -0.05) is 30.7 Å². The number of nitrogens with one attached hydrogen (secondary N) is 1. The third kappa shape index (κ3) is 5.59. The van der Waals surface area contributed by atoms with Gasteiger partial charge in [0.25, 0.3) is 0 Å². The molecule has 1 rings (SSSR count). The number of aliphatic carboxylic acids is 1. The molecule has 0 saturated carbocycles. The third-order valence-electron chi connectivity index (χ3n) is 2.57. The summed E-state index contributed by atoms with van der Waals surface area (Å²) in [6.45, 7) is 1.84. The molecule has 0 aliphatic rings. The van der Waals surface area contributed by atoms with E-state index in [1.807, 2.05) is 6.92 Å². The molecule has 1 aromatic rings. The SMILES string of the molecule is CCC(NS(=O)(=O)CCC(=O)O)c1cccc(Cl)c1. The molecule has 1 aromatic carbocycles. The summed E-state index contributed by atoms with van der Waals surface area (Å²) in [4.78, 5) is 10.4. The second-order valence-corrected chi connectivity index (χ2v) is 6.41. The highest BCUT2D eigenvalue weighted by Crippen LogP contribution is 2.21. The maximum absolute atomic E-state index is 11.8. The third-order valence-corrected chi connectivity index (χ3v) is 4.19. The normalized spacial score (nSPS) is 13.2. The van der Waals surface area contributed by atoms with E-state index in [4.69, 9.17) is 16.7 Å². The Hall–Kier alpha value is -1.11. The van der Waals surface area contributed by atoms with Gasteiger partial charge in [-0.05, 0) is 24.1 Å². The van der Waals surface area contributed by atoms with Crippen LogP contribution in [0.4, 0.5) is 0 Å². The number of hydrogen-bond acceptors (Lipinski definition) is 3. The van der Waals surface area contributed by atoms with E-state index in [1.165, 1.54) is 0 Å². The Morgan fingerprint density at radius 2 is 2.16 bits per heavy atom. The van der Waals surface area contributed by atoms with Gasteiger partial charge < -0.3 is 5.11 Å². The van der Waals surface area contributed by atoms with Gasteiger partial charge in [0.1, 0.15) is 0 Å². The van der Waals surface area contributed by atoms with Crippen LogP contribution in [-0.4, -0.2) is 25.2 Å². The van der Waals surface area contributed by atoms with E-state index < -0.39 is 34.2 Å². The van der Waals surface area contributed by atoms with Gasteiger partial charge in [0.15, 0.2) is 0 Å². The fraction of sp³-hybridized carbons (Fsp3) is 0.417. The Kier molecular flexibility index (Phi) is 5.78. The van der Waals surface area contributed by atoms with Crippen LogP contribution in [0.5, 0.6) is 0 Å². The Morgan fingerprint density at radius 1 is 1.47 bits per heavy atom. The Morgan fingerprint density at radius 3 is 2.68 bits per heavy atom. The van der Waals surface area contributed by atoms with Crippen molar-refractivity contribution < 1.29 is 18.3 Å². The molecule has 5 nitrogen and oxygen atoms in total. The van der Waals surface area contributed by atoms with Crippen LogP contribution in [0, 0.1) is 0 Å². The van der Waals surface area contributed by atoms with E-state index in [9.17, 15) is 13.2 Å². The van der Waals surface area contributed by atoms with Crippen molar-refractivity contribution in [2.45, 2.75) is 25.8 Å². The highest BCUT2D eigenvalue weighted by molar-refractivity contribution is 7.89. The smallest absolute Gasteiger partial charge is 0.304 e. The van der Waals surface area contributed by atoms with Crippen LogP contribution in [0.25, 0.3) is 0 Å². The fourth-order valence-corrected chi connectivity index (χ4v) is 3.10. The molecule has 0 bridgehead atoms. The standard InChI is InChI=1S/C12H16ClNO4S/c1-2-11(9-4-3-5-10(13)8-9)14-19(17,18)7-6-12(15)16/h3-5,8,11,14H,2,6-7H2,1H3,(H,15,16). The van der Waals surface area contributed by atoms with Crippen LogP contribution in [0.2, 0.25) is 5.02 Å². The molecule has 1 atom stereocenters. The predicted octanol–water partition coefficient (Wildman–Crippen LogP) is 2.19. The number of hydrogen-bond donors (Lipinski definition) is 2. The summed E-state index contributed by atoms with van der Waals surface area (Å²) < 4.78 is 26.0. The summed E-state index contributed by atoms with van der Waals surface area (Å²) >= 11 is 5.86. The van der Waals surface area contributed by atoms with Crippen LogP contribution in [-0.2, 0) is 14.8 Å². The first-order valence-electron chi connectivity index (χ1n) is 5.81. The zero-order valence-electron chi connectivity index (χ0n) is 10.5. The van der Waals surface area contributed by atoms with Gasteiger partial charge in [0.05, 0.1) is 12.2 Å². The van der Waals surface area contributed by atoms with Crippen LogP contribution in [0.3, 0.4) is 0 Å². The number of carboxylic acids is 1. The molecule has 19 heavy (non-hydrogen) atoms. The average molecular weight is 306 g/mol. The summed E-state index contributed by atoms with van der Waals surface area (Å²) in [5, 5.41) is 9.04. The second kappa shape index (κ2) is 6.88. The van der Waals surface area contributed by atoms with E-state index in [1.54, 1.807) is 24.3 Å². The lowest BCUT2D eigenvalue weighted by molar-refractivity contribution is -0.136. The Labute approximate surface area is 117 Å². The van der Waals surface area contributed by atoms with Crippen molar-refractivity contribution in [3.05, 3.63) is 34.9 Å². The zero-order chi connectivity index (χ0) is 14.5. The largest absolute Gasteiger partial charge is 0.481 e. The molecule has 0 saturated heterocycles. The molecule has 0 aliphatic carbocycles. The molecule has 7 heteroatoms. The molecule has 0 radical (unpaired) electrons. The van der Waals surface area contributed by atoms with Crippen molar-refractivity contribution in [3.63, 3.8) is 0 Å². The molecule has 0 spiro atoms. The lowest BCUT2D eigenvalue weighted by Gasteiger charge is -2.17. The number of sulfonamides is 1. The van der Waals surface area contributed by atoms with Crippen molar-refractivity contribution in [1.82, 2.24) is 4.72 Å². The van der Waals surface area contributed by atoms with E-state index in [-0.39, 0.29) is 0 Å². The minimum atomic E-state index is -3.62. The molecule has 2 N–H and O–H groups in total. The number of halogens is 1. The van der Waals surface area contributed by atoms with Crippen molar-refractivity contribution in [2.24, 2.45) is 0 Å². The van der Waals surface area contributed by atoms with E-state index in [0.717, 1.165) is 5.56 Å². The lowest BCUT2D eigenvalue weighted by Crippen LogP contribution is -2.31. The average Bonchev–Trinajstić information content (AvgIpc) is 2.34. The number of benzene rings is 1. The maximum atomic E-state index is 11.8. The van der Waals surface area contributed by atoms with Crippen molar-refractivity contribution in [2.75, 3.05) is 5.75 Å². The van der Waals surface area contributed by atoms with Gasteiger partial charge in [-0.3, -0.25) is 4.79 Å². The first-order valence-corrected chi connectivity index (χ1v) is 7.84. The summed E-state index contributed by atoms with van der Waals surface area (Å²) in [6, 6.07) is 6.51. The minimum absolute atomic E-state index is 0.405. The zero-order valence-corrected chi connectivity index (χ0v) is 12.0. The van der Waals surface area contributed by atoms with Gasteiger partial charge in [0, 0.05) is 11.1 Å². The Bertz CT molecular complexity index is 544. The van der Waals surface area contributed by atoms with Crippen molar-refractivity contribution in [1.29, 1.82) is 0 Å². The fourth-order valence-electron chi connectivity index (χ4n) is 1.61. The molecule has 0 aromatic heterocycles. The van der Waals surface area contributed by atoms with E-state index in [2.05, 4.69) is 4.72 Å². The monoisotopic (exact) mass is 305 g/mol. The van der Waals surface area contributed by atoms with E-state index in [0.29, 0.717) is 11.4 Å². The van der Waals surface area contributed by atoms with E-state index >= 15 is 0 Å². The molecular weight excluding hydrogens is 290 g/mol. The first-order chi connectivity index (χ1) is 8.84. The molecule has 0 aliphatic heterocycles. The highest BCUT2D eigenvalue weighted by atomic mass is 35.5. The quantitative estimate of drug-likeness (QED) is 0.809. The van der Waals surface area contributed by atoms with Gasteiger partial charge >= 0.3 is 5.97 Å². The molecule has 0 fully saturated rings. The topological polar surface area (TPSA) is 83.5 Å². The first kappa shape index (κ1) is 15.9. The van der Waals surface area contributed by atoms with Gasteiger partial charge in [-0.15, -0.1) is 0 Å². The van der Waals surface area contributed by atoms with Gasteiger partial charge in [0.2, 0.25) is 10.0 Å².